The van der Waals surface area contributed by atoms with Crippen molar-refractivity contribution in [3.63, 3.8) is 0 Å². The minimum atomic E-state index is -0.886. The number of benzodiazepines with no additional fused rings is 1. The molecule has 0 spiro atoms. The maximum Gasteiger partial charge on any atom is 0.263 e. The van der Waals surface area contributed by atoms with E-state index in [2.05, 4.69) is 20.0 Å². The average Bonchev–Trinajstić information content (AvgIpc) is 3.03. The number of ether oxygens (including phenoxy) is 1. The van der Waals surface area contributed by atoms with E-state index in [1.54, 1.807) is 19.2 Å². The molecule has 35 heavy (non-hydrogen) atoms. The van der Waals surface area contributed by atoms with Crippen molar-refractivity contribution in [2.45, 2.75) is 6.17 Å². The summed E-state index contributed by atoms with van der Waals surface area (Å²) in [5.41, 5.74) is 10.8. The summed E-state index contributed by atoms with van der Waals surface area (Å²) in [6, 6.07) is 24.7. The minimum Gasteiger partial charge on any atom is -0.391 e. The minimum absolute atomic E-state index is 0.0360. The summed E-state index contributed by atoms with van der Waals surface area (Å²) in [5, 5.41) is 10.2. The van der Waals surface area contributed by atoms with Crippen molar-refractivity contribution >= 4 is 28.9 Å². The van der Waals surface area contributed by atoms with Crippen molar-refractivity contribution in [3.8, 4) is 0 Å². The van der Waals surface area contributed by atoms with Gasteiger partial charge in [-0.15, -0.1) is 0 Å². The number of rotatable bonds is 6. The number of nitrogens with zero attached hydrogens (tertiary/aromatic N) is 2. The molecular weight excluding hydrogens is 444 g/mol. The van der Waals surface area contributed by atoms with E-state index < -0.39 is 6.17 Å². The molecule has 4 rings (SSSR count). The predicted molar refractivity (Wildman–Crippen MR) is 139 cm³/mol. The van der Waals surface area contributed by atoms with E-state index in [4.69, 9.17) is 21.8 Å². The Balaban J connectivity index is 0.000000199. The molecule has 1 atom stereocenters. The maximum absolute atomic E-state index is 11.8. The second-order valence-corrected chi connectivity index (χ2v) is 7.73. The highest BCUT2D eigenvalue weighted by Crippen LogP contribution is 2.23. The molecule has 0 saturated heterocycles. The molecule has 3 aromatic carbocycles. The number of carbonyl (C=O) groups is 1. The summed E-state index contributed by atoms with van der Waals surface area (Å²) in [6.07, 6.45) is -0.886. The van der Waals surface area contributed by atoms with Gasteiger partial charge < -0.3 is 25.5 Å². The Morgan fingerprint density at radius 2 is 1.71 bits per heavy atom. The molecule has 182 valence electrons. The molecule has 3 aromatic rings. The highest BCUT2D eigenvalue weighted by atomic mass is 16.6. The predicted octanol–water partition coefficient (Wildman–Crippen LogP) is 2.75. The monoisotopic (exact) mass is 474 g/mol. The molecule has 0 bridgehead atoms. The fraction of sp³-hybridized carbons (Fsp3) is 0.192. The lowest BCUT2D eigenvalue weighted by Gasteiger charge is -2.18. The van der Waals surface area contributed by atoms with Gasteiger partial charge in [-0.2, -0.15) is 5.90 Å². The van der Waals surface area contributed by atoms with Crippen LogP contribution in [-0.2, 0) is 14.4 Å². The first-order valence-electron chi connectivity index (χ1n) is 11.0. The van der Waals surface area contributed by atoms with Gasteiger partial charge in [-0.25, -0.2) is 0 Å². The number of aliphatic imine (C=N–C) groups is 1. The van der Waals surface area contributed by atoms with Crippen LogP contribution >= 0.6 is 0 Å². The van der Waals surface area contributed by atoms with Crippen molar-refractivity contribution in [1.82, 2.24) is 0 Å². The third-order valence-electron chi connectivity index (χ3n) is 5.34. The van der Waals surface area contributed by atoms with Crippen LogP contribution in [0.3, 0.4) is 0 Å². The Hall–Kier alpha value is -4.05. The van der Waals surface area contributed by atoms with Gasteiger partial charge in [0.25, 0.3) is 5.91 Å². The van der Waals surface area contributed by atoms with Crippen molar-refractivity contribution in [1.29, 1.82) is 5.41 Å². The highest BCUT2D eigenvalue weighted by molar-refractivity contribution is 6.19. The fourth-order valence-electron chi connectivity index (χ4n) is 3.39. The number of para-hydroxylation sites is 1. The number of methoxy groups -OCH3 is 1. The Bertz CT molecular complexity index is 1170. The van der Waals surface area contributed by atoms with Gasteiger partial charge in [-0.3, -0.25) is 15.2 Å². The number of carbonyl (C=O) groups excluding carboxylic acids is 1. The number of amides is 1. The van der Waals surface area contributed by atoms with Crippen LogP contribution in [0.2, 0.25) is 0 Å². The Kier molecular flexibility index (Phi) is 9.08. The van der Waals surface area contributed by atoms with Gasteiger partial charge in [0, 0.05) is 43.1 Å². The highest BCUT2D eigenvalue weighted by Gasteiger charge is 2.22. The van der Waals surface area contributed by atoms with Gasteiger partial charge in [0.15, 0.2) is 6.17 Å². The van der Waals surface area contributed by atoms with Crippen molar-refractivity contribution in [2.24, 2.45) is 16.6 Å². The van der Waals surface area contributed by atoms with E-state index in [-0.39, 0.29) is 11.8 Å². The molecule has 0 saturated carbocycles. The van der Waals surface area contributed by atoms with Crippen LogP contribution in [0.25, 0.3) is 0 Å². The van der Waals surface area contributed by atoms with Crippen LogP contribution in [-0.4, -0.2) is 51.0 Å². The number of nitrogens with one attached hydrogen (secondary N) is 2. The van der Waals surface area contributed by atoms with Crippen molar-refractivity contribution < 1.29 is 14.4 Å². The van der Waals surface area contributed by atoms with E-state index in [1.807, 2.05) is 73.8 Å². The molecule has 0 fully saturated rings. The zero-order valence-corrected chi connectivity index (χ0v) is 19.8. The summed E-state index contributed by atoms with van der Waals surface area (Å²) >= 11 is 0. The molecule has 1 aliphatic heterocycles. The van der Waals surface area contributed by atoms with E-state index in [1.165, 1.54) is 0 Å². The largest absolute Gasteiger partial charge is 0.391 e. The van der Waals surface area contributed by atoms with E-state index in [0.29, 0.717) is 12.2 Å². The number of hydrogen-bond acceptors (Lipinski definition) is 8. The van der Waals surface area contributed by atoms with Crippen LogP contribution in [0.4, 0.5) is 11.4 Å². The first kappa shape index (κ1) is 25.6. The Morgan fingerprint density at radius 1 is 1.06 bits per heavy atom. The summed E-state index contributed by atoms with van der Waals surface area (Å²) in [4.78, 5) is 22.6. The summed E-state index contributed by atoms with van der Waals surface area (Å²) < 4.78 is 5.00. The standard InChI is InChI=1S/C15H13N3O.C11H17N3O2/c16-14-15(19)17-12-9-5-4-8-11(12)13(18-14)10-6-2-1-3-7-10;1-14(7-8-15-2)10-5-3-9(4-6-10)11(12)16-13/h1-9,14H,16H2,(H,17,19);3-6,12H,7-8,13H2,1-2H3. The van der Waals surface area contributed by atoms with Crippen LogP contribution < -0.4 is 21.8 Å². The Morgan fingerprint density at radius 3 is 2.37 bits per heavy atom. The van der Waals surface area contributed by atoms with Crippen molar-refractivity contribution in [2.75, 3.05) is 37.5 Å². The number of nitrogens with two attached hydrogens (primary N) is 2. The topological polar surface area (TPSA) is 139 Å². The van der Waals surface area contributed by atoms with Crippen LogP contribution in [0, 0.1) is 5.41 Å². The summed E-state index contributed by atoms with van der Waals surface area (Å²) in [6.45, 7) is 1.50. The number of hydrogen-bond donors (Lipinski definition) is 4. The first-order chi connectivity index (χ1) is 16.9. The zero-order valence-electron chi connectivity index (χ0n) is 19.8. The lowest BCUT2D eigenvalue weighted by molar-refractivity contribution is -0.117. The maximum atomic E-state index is 11.8. The van der Waals surface area contributed by atoms with Crippen molar-refractivity contribution in [3.05, 3.63) is 95.6 Å². The smallest absolute Gasteiger partial charge is 0.263 e. The van der Waals surface area contributed by atoms with Gasteiger partial charge in [0.05, 0.1) is 18.0 Å². The van der Waals surface area contributed by atoms with Gasteiger partial charge in [-0.1, -0.05) is 48.5 Å². The second-order valence-electron chi connectivity index (χ2n) is 7.73. The molecule has 1 amide bonds. The van der Waals surface area contributed by atoms with Gasteiger partial charge >= 0.3 is 0 Å². The lowest BCUT2D eigenvalue weighted by atomic mass is 10.0. The summed E-state index contributed by atoms with van der Waals surface area (Å²) in [7, 11) is 3.66. The van der Waals surface area contributed by atoms with Gasteiger partial charge in [-0.05, 0) is 30.3 Å². The van der Waals surface area contributed by atoms with Gasteiger partial charge in [0.1, 0.15) is 0 Å². The molecule has 1 heterocycles. The van der Waals surface area contributed by atoms with Crippen LogP contribution in [0.1, 0.15) is 16.7 Å². The van der Waals surface area contributed by atoms with Gasteiger partial charge in [0.2, 0.25) is 5.90 Å². The zero-order chi connectivity index (χ0) is 25.2. The quantitative estimate of drug-likeness (QED) is 0.246. The summed E-state index contributed by atoms with van der Waals surface area (Å²) in [5.74, 6) is 4.59. The third kappa shape index (κ3) is 6.73. The fourth-order valence-corrected chi connectivity index (χ4v) is 3.39. The molecule has 1 unspecified atom stereocenters. The lowest BCUT2D eigenvalue weighted by Crippen LogP contribution is -2.33. The first-order valence-corrected chi connectivity index (χ1v) is 11.0. The van der Waals surface area contributed by atoms with Crippen LogP contribution in [0.5, 0.6) is 0 Å². The number of anilines is 2. The van der Waals surface area contributed by atoms with E-state index in [9.17, 15) is 4.79 Å². The molecule has 0 radical (unpaired) electrons. The van der Waals surface area contributed by atoms with Crippen LogP contribution in [0.15, 0.2) is 83.9 Å². The molecular formula is C26H30N6O3. The van der Waals surface area contributed by atoms with E-state index >= 15 is 0 Å². The van der Waals surface area contributed by atoms with E-state index in [0.717, 1.165) is 34.8 Å². The molecule has 6 N–H and O–H groups in total. The molecule has 0 aliphatic carbocycles. The number of fused-ring (bicyclic) bond motifs is 1. The molecule has 1 aliphatic rings. The number of likely N-dealkylation sites (N-methyl/N-ethyl adjacent to an activating group) is 1. The average molecular weight is 475 g/mol. The Labute approximate surface area is 204 Å². The normalized spacial score (nSPS) is 14.3. The third-order valence-corrected chi connectivity index (χ3v) is 5.34. The molecule has 9 heteroatoms. The SMILES string of the molecule is COCCN(C)c1ccc(C(=N)ON)cc1.NC1N=C(c2ccccc2)c2ccccc2NC1=O. The molecule has 9 nitrogen and oxygen atoms in total. The second kappa shape index (κ2) is 12.4. The number of benzene rings is 3. The molecule has 0 aromatic heterocycles.